The Morgan fingerprint density at radius 3 is 2.41 bits per heavy atom. The fourth-order valence-electron chi connectivity index (χ4n) is 2.39. The van der Waals surface area contributed by atoms with Crippen LogP contribution in [0.3, 0.4) is 0 Å². The molecule has 1 saturated heterocycles. The van der Waals surface area contributed by atoms with E-state index < -0.39 is 17.7 Å². The van der Waals surface area contributed by atoms with Crippen molar-refractivity contribution < 1.29 is 19.1 Å². The maximum Gasteiger partial charge on any atom is 0.263 e. The molecule has 29 heavy (non-hydrogen) atoms. The van der Waals surface area contributed by atoms with Gasteiger partial charge in [-0.05, 0) is 48.1 Å². The Balaban J connectivity index is 1.65. The molecule has 0 unspecified atom stereocenters. The van der Waals surface area contributed by atoms with Crippen molar-refractivity contribution in [2.24, 2.45) is 0 Å². The SMILES string of the molecule is O=C(COc1ccc(C=C2C(=O)NC(=S)NC2=O)cc1Cl)Nc1ccccc1Cl. The quantitative estimate of drug-likeness (QED) is 0.370. The van der Waals surface area contributed by atoms with E-state index in [9.17, 15) is 14.4 Å². The molecule has 1 fully saturated rings. The molecule has 0 aromatic heterocycles. The number of para-hydroxylation sites is 1. The zero-order chi connectivity index (χ0) is 21.0. The summed E-state index contributed by atoms with van der Waals surface area (Å²) in [6, 6.07) is 11.4. The van der Waals surface area contributed by atoms with E-state index in [1.807, 2.05) is 0 Å². The summed E-state index contributed by atoms with van der Waals surface area (Å²) in [6.07, 6.45) is 1.37. The molecule has 0 aliphatic carbocycles. The number of nitrogens with one attached hydrogen (secondary N) is 3. The number of anilines is 1. The molecule has 1 aliphatic rings. The minimum Gasteiger partial charge on any atom is -0.482 e. The number of halogens is 2. The third-order valence-electron chi connectivity index (χ3n) is 3.72. The first-order chi connectivity index (χ1) is 13.8. The number of carbonyl (C=O) groups excluding carboxylic acids is 3. The Morgan fingerprint density at radius 2 is 1.76 bits per heavy atom. The highest BCUT2D eigenvalue weighted by Crippen LogP contribution is 2.27. The summed E-state index contributed by atoms with van der Waals surface area (Å²) in [7, 11) is 0. The molecule has 0 saturated carbocycles. The maximum absolute atomic E-state index is 12.0. The van der Waals surface area contributed by atoms with Crippen molar-refractivity contribution in [1.82, 2.24) is 10.6 Å². The highest BCUT2D eigenvalue weighted by Gasteiger charge is 2.25. The van der Waals surface area contributed by atoms with Gasteiger partial charge in [-0.1, -0.05) is 41.4 Å². The van der Waals surface area contributed by atoms with Gasteiger partial charge in [0.25, 0.3) is 17.7 Å². The van der Waals surface area contributed by atoms with Gasteiger partial charge in [-0.25, -0.2) is 0 Å². The summed E-state index contributed by atoms with van der Waals surface area (Å²) in [5.41, 5.74) is 0.859. The molecule has 3 amide bonds. The van der Waals surface area contributed by atoms with E-state index in [1.165, 1.54) is 18.2 Å². The van der Waals surface area contributed by atoms with Crippen molar-refractivity contribution in [2.75, 3.05) is 11.9 Å². The predicted molar refractivity (Wildman–Crippen MR) is 114 cm³/mol. The molecule has 1 aliphatic heterocycles. The highest BCUT2D eigenvalue weighted by atomic mass is 35.5. The smallest absolute Gasteiger partial charge is 0.263 e. The molecule has 148 valence electrons. The van der Waals surface area contributed by atoms with E-state index in [-0.39, 0.29) is 28.1 Å². The second-order valence-electron chi connectivity index (χ2n) is 5.80. The minimum atomic E-state index is -0.605. The Morgan fingerprint density at radius 1 is 1.07 bits per heavy atom. The molecule has 7 nitrogen and oxygen atoms in total. The average molecular weight is 450 g/mol. The summed E-state index contributed by atoms with van der Waals surface area (Å²) in [6.45, 7) is -0.284. The molecule has 2 aromatic rings. The fourth-order valence-corrected chi connectivity index (χ4v) is 3.00. The Hall–Kier alpha value is -2.94. The standard InChI is InChI=1S/C19H13Cl2N3O4S/c20-12-3-1-2-4-14(12)22-16(25)9-28-15-6-5-10(8-13(15)21)7-11-17(26)23-19(29)24-18(11)27/h1-8H,9H2,(H,22,25)(H2,23,24,26,27,29). The lowest BCUT2D eigenvalue weighted by atomic mass is 10.1. The number of hydrogen-bond acceptors (Lipinski definition) is 5. The van der Waals surface area contributed by atoms with E-state index in [2.05, 4.69) is 16.0 Å². The van der Waals surface area contributed by atoms with E-state index >= 15 is 0 Å². The van der Waals surface area contributed by atoms with E-state index in [4.69, 9.17) is 40.2 Å². The molecule has 0 atom stereocenters. The zero-order valence-corrected chi connectivity index (χ0v) is 17.0. The first-order valence-corrected chi connectivity index (χ1v) is 9.35. The van der Waals surface area contributed by atoms with Crippen LogP contribution in [0.25, 0.3) is 6.08 Å². The van der Waals surface area contributed by atoms with Crippen LogP contribution in [0, 0.1) is 0 Å². The van der Waals surface area contributed by atoms with Gasteiger partial charge in [0.15, 0.2) is 11.7 Å². The topological polar surface area (TPSA) is 96.5 Å². The first kappa shape index (κ1) is 20.8. The van der Waals surface area contributed by atoms with Crippen molar-refractivity contribution in [3.05, 3.63) is 63.6 Å². The van der Waals surface area contributed by atoms with Crippen LogP contribution in [0.15, 0.2) is 48.0 Å². The maximum atomic E-state index is 12.0. The van der Waals surface area contributed by atoms with Gasteiger partial charge in [0.2, 0.25) is 0 Å². The number of benzene rings is 2. The molecular weight excluding hydrogens is 437 g/mol. The summed E-state index contributed by atoms with van der Waals surface area (Å²) >= 11 is 16.9. The first-order valence-electron chi connectivity index (χ1n) is 8.18. The van der Waals surface area contributed by atoms with Crippen molar-refractivity contribution in [2.45, 2.75) is 0 Å². The van der Waals surface area contributed by atoms with E-state index in [0.29, 0.717) is 16.3 Å². The number of hydrogen-bond donors (Lipinski definition) is 3. The normalized spacial score (nSPS) is 13.4. The summed E-state index contributed by atoms with van der Waals surface area (Å²) in [5.74, 6) is -1.35. The van der Waals surface area contributed by atoms with Gasteiger partial charge in [0.05, 0.1) is 15.7 Å². The Labute approximate surface area is 181 Å². The lowest BCUT2D eigenvalue weighted by Gasteiger charge is -2.16. The Kier molecular flexibility index (Phi) is 6.48. The lowest BCUT2D eigenvalue weighted by Crippen LogP contribution is -2.51. The second-order valence-corrected chi connectivity index (χ2v) is 7.02. The van der Waals surface area contributed by atoms with Crippen LogP contribution in [0.1, 0.15) is 5.56 Å². The molecule has 3 N–H and O–H groups in total. The molecule has 2 aromatic carbocycles. The molecule has 10 heteroatoms. The van der Waals surface area contributed by atoms with Crippen LogP contribution in [-0.4, -0.2) is 29.4 Å². The van der Waals surface area contributed by atoms with Crippen LogP contribution in [0.5, 0.6) is 5.75 Å². The van der Waals surface area contributed by atoms with Crippen LogP contribution in [-0.2, 0) is 14.4 Å². The molecule has 0 spiro atoms. The number of amides is 3. The fraction of sp³-hybridized carbons (Fsp3) is 0.0526. The molecule has 1 heterocycles. The molecule has 0 bridgehead atoms. The van der Waals surface area contributed by atoms with Gasteiger partial charge in [-0.15, -0.1) is 0 Å². The van der Waals surface area contributed by atoms with Crippen LogP contribution >= 0.6 is 35.4 Å². The van der Waals surface area contributed by atoms with Crippen molar-refractivity contribution in [1.29, 1.82) is 0 Å². The average Bonchev–Trinajstić information content (AvgIpc) is 2.66. The molecular formula is C19H13Cl2N3O4S. The number of rotatable bonds is 5. The lowest BCUT2D eigenvalue weighted by molar-refractivity contribution is -0.123. The number of ether oxygens (including phenoxy) is 1. The van der Waals surface area contributed by atoms with Crippen LogP contribution in [0.2, 0.25) is 10.0 Å². The molecule has 0 radical (unpaired) electrons. The third-order valence-corrected chi connectivity index (χ3v) is 4.55. The molecule has 3 rings (SSSR count). The van der Waals surface area contributed by atoms with Crippen LogP contribution in [0.4, 0.5) is 5.69 Å². The van der Waals surface area contributed by atoms with Crippen molar-refractivity contribution in [3.63, 3.8) is 0 Å². The van der Waals surface area contributed by atoms with Gasteiger partial charge in [0, 0.05) is 0 Å². The number of carbonyl (C=O) groups is 3. The van der Waals surface area contributed by atoms with Gasteiger partial charge in [-0.3, -0.25) is 25.0 Å². The largest absolute Gasteiger partial charge is 0.482 e. The zero-order valence-electron chi connectivity index (χ0n) is 14.6. The van der Waals surface area contributed by atoms with E-state index in [1.54, 1.807) is 30.3 Å². The van der Waals surface area contributed by atoms with Gasteiger partial charge in [-0.2, -0.15) is 0 Å². The third kappa shape index (κ3) is 5.32. The second kappa shape index (κ2) is 9.04. The van der Waals surface area contributed by atoms with E-state index in [0.717, 1.165) is 0 Å². The van der Waals surface area contributed by atoms with Gasteiger partial charge < -0.3 is 10.1 Å². The summed E-state index contributed by atoms with van der Waals surface area (Å²) in [4.78, 5) is 35.8. The Bertz CT molecular complexity index is 1030. The predicted octanol–water partition coefficient (Wildman–Crippen LogP) is 2.93. The number of thiocarbonyl (C=S) groups is 1. The van der Waals surface area contributed by atoms with Gasteiger partial charge >= 0.3 is 0 Å². The summed E-state index contributed by atoms with van der Waals surface area (Å²) in [5, 5.41) is 7.89. The van der Waals surface area contributed by atoms with Crippen molar-refractivity contribution in [3.8, 4) is 5.75 Å². The van der Waals surface area contributed by atoms with Crippen LogP contribution < -0.4 is 20.7 Å². The van der Waals surface area contributed by atoms with Gasteiger partial charge in [0.1, 0.15) is 11.3 Å². The minimum absolute atomic E-state index is 0.0472. The van der Waals surface area contributed by atoms with Crippen molar-refractivity contribution >= 4 is 70.0 Å². The summed E-state index contributed by atoms with van der Waals surface area (Å²) < 4.78 is 5.43. The monoisotopic (exact) mass is 449 g/mol. The highest BCUT2D eigenvalue weighted by molar-refractivity contribution is 7.80.